The van der Waals surface area contributed by atoms with E-state index in [0.717, 1.165) is 24.3 Å². The van der Waals surface area contributed by atoms with Crippen molar-refractivity contribution >= 4 is 0 Å². The molecule has 1 saturated carbocycles. The smallest absolute Gasteiger partial charge is 0.00148 e. The zero-order valence-corrected chi connectivity index (χ0v) is 14.4. The zero-order valence-electron chi connectivity index (χ0n) is 14.4. The predicted octanol–water partition coefficient (Wildman–Crippen LogP) is 5.21. The Hall–Kier alpha value is -0.820. The van der Waals surface area contributed by atoms with Crippen LogP contribution in [0, 0.1) is 25.7 Å². The summed E-state index contributed by atoms with van der Waals surface area (Å²) in [5, 5.41) is 3.60. The number of benzene rings is 1. The first-order chi connectivity index (χ1) is 10.2. The summed E-state index contributed by atoms with van der Waals surface area (Å²) in [6, 6.07) is 6.90. The van der Waals surface area contributed by atoms with Gasteiger partial charge < -0.3 is 5.32 Å². The van der Waals surface area contributed by atoms with E-state index < -0.39 is 0 Å². The van der Waals surface area contributed by atoms with Gasteiger partial charge in [0.05, 0.1) is 0 Å². The fourth-order valence-electron chi connectivity index (χ4n) is 4.12. The number of rotatable bonds is 6. The van der Waals surface area contributed by atoms with Crippen molar-refractivity contribution < 1.29 is 0 Å². The van der Waals surface area contributed by atoms with Crippen LogP contribution in [-0.4, -0.2) is 13.1 Å². The first kappa shape index (κ1) is 16.5. The minimum absolute atomic E-state index is 0.759. The molecular weight excluding hydrogens is 254 g/mol. The highest BCUT2D eigenvalue weighted by atomic mass is 14.8. The van der Waals surface area contributed by atoms with Crippen LogP contribution in [0.25, 0.3) is 0 Å². The normalized spacial score (nSPS) is 26.0. The maximum absolute atomic E-state index is 3.60. The molecule has 1 N–H and O–H groups in total. The number of nitrogens with one attached hydrogen (secondary N) is 1. The number of hydrogen-bond donors (Lipinski definition) is 1. The quantitative estimate of drug-likeness (QED) is 0.757. The highest BCUT2D eigenvalue weighted by molar-refractivity contribution is 5.36. The molecular formula is C20H33N. The fraction of sp³-hybridized carbons (Fsp3) is 0.700. The second-order valence-electron chi connectivity index (χ2n) is 6.93. The maximum atomic E-state index is 3.60. The Morgan fingerprint density at radius 2 is 1.95 bits per heavy atom. The van der Waals surface area contributed by atoms with Crippen molar-refractivity contribution in [3.63, 3.8) is 0 Å². The molecule has 2 rings (SSSR count). The van der Waals surface area contributed by atoms with E-state index in [1.165, 1.54) is 49.8 Å². The van der Waals surface area contributed by atoms with Gasteiger partial charge in [-0.05, 0) is 74.2 Å². The minimum Gasteiger partial charge on any atom is -0.317 e. The molecule has 1 aliphatic rings. The average Bonchev–Trinajstić information content (AvgIpc) is 2.49. The summed E-state index contributed by atoms with van der Waals surface area (Å²) in [5.74, 6) is 2.52. The lowest BCUT2D eigenvalue weighted by Crippen LogP contribution is -2.32. The molecule has 0 heterocycles. The standard InChI is InChI=1S/C20H33N/c1-5-8-17-11-12-18(14-21-6-2)20(13-17)19-10-7-9-15(3)16(19)4/h7,9-10,17-18,20-21H,5-6,8,11-14H2,1-4H3. The fourth-order valence-corrected chi connectivity index (χ4v) is 4.12. The van der Waals surface area contributed by atoms with Crippen molar-refractivity contribution in [2.75, 3.05) is 13.1 Å². The first-order valence-corrected chi connectivity index (χ1v) is 8.94. The summed E-state index contributed by atoms with van der Waals surface area (Å²) in [7, 11) is 0. The van der Waals surface area contributed by atoms with Crippen LogP contribution in [0.1, 0.15) is 68.6 Å². The number of aryl methyl sites for hydroxylation is 1. The lowest BCUT2D eigenvalue weighted by Gasteiger charge is -2.37. The van der Waals surface area contributed by atoms with Crippen LogP contribution in [0.3, 0.4) is 0 Å². The van der Waals surface area contributed by atoms with Gasteiger partial charge in [0.1, 0.15) is 0 Å². The van der Waals surface area contributed by atoms with Gasteiger partial charge in [-0.2, -0.15) is 0 Å². The molecule has 3 atom stereocenters. The Kier molecular flexibility index (Phi) is 6.29. The lowest BCUT2D eigenvalue weighted by atomic mass is 9.69. The molecule has 0 saturated heterocycles. The second-order valence-corrected chi connectivity index (χ2v) is 6.93. The Morgan fingerprint density at radius 1 is 1.14 bits per heavy atom. The van der Waals surface area contributed by atoms with E-state index in [-0.39, 0.29) is 0 Å². The molecule has 21 heavy (non-hydrogen) atoms. The van der Waals surface area contributed by atoms with Gasteiger partial charge in [-0.25, -0.2) is 0 Å². The minimum atomic E-state index is 0.759. The van der Waals surface area contributed by atoms with Gasteiger partial charge in [0.15, 0.2) is 0 Å². The summed E-state index contributed by atoms with van der Waals surface area (Å²) in [6.45, 7) is 11.4. The van der Waals surface area contributed by atoms with Crippen LogP contribution in [-0.2, 0) is 0 Å². The van der Waals surface area contributed by atoms with Gasteiger partial charge in [0.2, 0.25) is 0 Å². The highest BCUT2D eigenvalue weighted by Crippen LogP contribution is 2.43. The van der Waals surface area contributed by atoms with Gasteiger partial charge in [-0.3, -0.25) is 0 Å². The van der Waals surface area contributed by atoms with E-state index in [2.05, 4.69) is 51.2 Å². The summed E-state index contributed by atoms with van der Waals surface area (Å²) in [4.78, 5) is 0. The first-order valence-electron chi connectivity index (χ1n) is 8.94. The van der Waals surface area contributed by atoms with Crippen molar-refractivity contribution in [1.82, 2.24) is 5.32 Å². The van der Waals surface area contributed by atoms with E-state index in [0.29, 0.717) is 0 Å². The van der Waals surface area contributed by atoms with Crippen LogP contribution < -0.4 is 5.32 Å². The third-order valence-electron chi connectivity index (χ3n) is 5.50. The zero-order chi connectivity index (χ0) is 15.2. The lowest BCUT2D eigenvalue weighted by molar-refractivity contribution is 0.220. The number of hydrogen-bond acceptors (Lipinski definition) is 1. The molecule has 118 valence electrons. The van der Waals surface area contributed by atoms with E-state index in [9.17, 15) is 0 Å². The molecule has 0 amide bonds. The molecule has 1 aromatic carbocycles. The third kappa shape index (κ3) is 4.10. The molecule has 1 heteroatoms. The molecule has 1 aromatic rings. The molecule has 0 spiro atoms. The third-order valence-corrected chi connectivity index (χ3v) is 5.50. The average molecular weight is 287 g/mol. The SMILES string of the molecule is CCCC1CCC(CNCC)C(c2cccc(C)c2C)C1. The summed E-state index contributed by atoms with van der Waals surface area (Å²) >= 11 is 0. The summed E-state index contributed by atoms with van der Waals surface area (Å²) in [5.41, 5.74) is 4.60. The molecule has 1 nitrogen and oxygen atoms in total. The van der Waals surface area contributed by atoms with E-state index >= 15 is 0 Å². The monoisotopic (exact) mass is 287 g/mol. The topological polar surface area (TPSA) is 12.0 Å². The molecule has 0 aliphatic heterocycles. The van der Waals surface area contributed by atoms with E-state index in [4.69, 9.17) is 0 Å². The molecule has 0 aromatic heterocycles. The van der Waals surface area contributed by atoms with Crippen molar-refractivity contribution in [2.24, 2.45) is 11.8 Å². The van der Waals surface area contributed by atoms with Gasteiger partial charge in [0.25, 0.3) is 0 Å². The Balaban J connectivity index is 2.21. The van der Waals surface area contributed by atoms with Gasteiger partial charge in [-0.1, -0.05) is 51.3 Å². The molecule has 0 radical (unpaired) electrons. The van der Waals surface area contributed by atoms with Crippen molar-refractivity contribution in [3.8, 4) is 0 Å². The Labute approximate surface area is 131 Å². The molecule has 3 unspecified atom stereocenters. The molecule has 0 bridgehead atoms. The second kappa shape index (κ2) is 7.98. The Bertz CT molecular complexity index is 437. The van der Waals surface area contributed by atoms with Gasteiger partial charge in [-0.15, -0.1) is 0 Å². The van der Waals surface area contributed by atoms with Crippen molar-refractivity contribution in [1.29, 1.82) is 0 Å². The van der Waals surface area contributed by atoms with Crippen LogP contribution >= 0.6 is 0 Å². The van der Waals surface area contributed by atoms with Crippen molar-refractivity contribution in [3.05, 3.63) is 34.9 Å². The summed E-state index contributed by atoms with van der Waals surface area (Å²) < 4.78 is 0. The van der Waals surface area contributed by atoms with E-state index in [1.807, 2.05) is 0 Å². The Morgan fingerprint density at radius 3 is 2.67 bits per heavy atom. The molecule has 1 fully saturated rings. The van der Waals surface area contributed by atoms with Crippen LogP contribution in [0.2, 0.25) is 0 Å². The highest BCUT2D eigenvalue weighted by Gasteiger charge is 2.31. The maximum Gasteiger partial charge on any atom is -0.00148 e. The van der Waals surface area contributed by atoms with Crippen LogP contribution in [0.5, 0.6) is 0 Å². The van der Waals surface area contributed by atoms with Crippen LogP contribution in [0.4, 0.5) is 0 Å². The van der Waals surface area contributed by atoms with Gasteiger partial charge >= 0.3 is 0 Å². The summed E-state index contributed by atoms with van der Waals surface area (Å²) in [6.07, 6.45) is 6.98. The van der Waals surface area contributed by atoms with Gasteiger partial charge in [0, 0.05) is 0 Å². The van der Waals surface area contributed by atoms with Crippen molar-refractivity contribution in [2.45, 2.75) is 65.7 Å². The predicted molar refractivity (Wildman–Crippen MR) is 92.9 cm³/mol. The largest absolute Gasteiger partial charge is 0.317 e. The van der Waals surface area contributed by atoms with E-state index in [1.54, 1.807) is 5.56 Å². The van der Waals surface area contributed by atoms with Crippen LogP contribution in [0.15, 0.2) is 18.2 Å². The molecule has 1 aliphatic carbocycles.